The molecule has 6 nitrogen and oxygen atoms in total. The Hall–Kier alpha value is -0.980. The zero-order valence-corrected chi connectivity index (χ0v) is 13.7. The summed E-state index contributed by atoms with van der Waals surface area (Å²) < 4.78 is 7.70. The van der Waals surface area contributed by atoms with Gasteiger partial charge in [-0.3, -0.25) is 4.90 Å². The first-order valence-corrected chi connectivity index (χ1v) is 8.75. The van der Waals surface area contributed by atoms with Crippen LogP contribution in [0.4, 0.5) is 0 Å². The molecule has 1 unspecified atom stereocenters. The molecule has 22 heavy (non-hydrogen) atoms. The van der Waals surface area contributed by atoms with E-state index in [-0.39, 0.29) is 0 Å². The predicted octanol–water partition coefficient (Wildman–Crippen LogP) is 1.59. The van der Waals surface area contributed by atoms with Crippen molar-refractivity contribution >= 4 is 0 Å². The summed E-state index contributed by atoms with van der Waals surface area (Å²) in [4.78, 5) is 2.47. The second-order valence-electron chi connectivity index (χ2n) is 6.64. The average molecular weight is 307 g/mol. The summed E-state index contributed by atoms with van der Waals surface area (Å²) >= 11 is 0. The lowest BCUT2D eigenvalue weighted by Crippen LogP contribution is -2.44. The highest BCUT2D eigenvalue weighted by Gasteiger charge is 2.19. The lowest BCUT2D eigenvalue weighted by atomic mass is 9.95. The Labute approximate surface area is 133 Å². The van der Waals surface area contributed by atoms with Gasteiger partial charge in [0, 0.05) is 31.7 Å². The van der Waals surface area contributed by atoms with E-state index in [2.05, 4.69) is 31.9 Å². The minimum absolute atomic E-state index is 0.453. The molecule has 1 saturated carbocycles. The fraction of sp³-hybridized carbons (Fsp3) is 0.875. The maximum Gasteiger partial charge on any atom is 0.147 e. The Morgan fingerprint density at radius 2 is 2.05 bits per heavy atom. The fourth-order valence-electron chi connectivity index (χ4n) is 3.56. The van der Waals surface area contributed by atoms with Crippen LogP contribution in [0.2, 0.25) is 0 Å². The fourth-order valence-corrected chi connectivity index (χ4v) is 3.56. The molecule has 124 valence electrons. The van der Waals surface area contributed by atoms with Gasteiger partial charge in [0.25, 0.3) is 0 Å². The van der Waals surface area contributed by atoms with Crippen LogP contribution in [0, 0.1) is 0 Å². The van der Waals surface area contributed by atoms with Crippen LogP contribution in [0.15, 0.2) is 6.33 Å². The van der Waals surface area contributed by atoms with E-state index < -0.39 is 0 Å². The van der Waals surface area contributed by atoms with Crippen molar-refractivity contribution in [2.75, 3.05) is 32.8 Å². The van der Waals surface area contributed by atoms with Gasteiger partial charge in [-0.05, 0) is 19.8 Å². The predicted molar refractivity (Wildman–Crippen MR) is 85.7 cm³/mol. The van der Waals surface area contributed by atoms with E-state index in [4.69, 9.17) is 4.74 Å². The number of hydrogen-bond acceptors (Lipinski definition) is 5. The van der Waals surface area contributed by atoms with E-state index in [9.17, 15) is 0 Å². The summed E-state index contributed by atoms with van der Waals surface area (Å²) in [6, 6.07) is 1.06. The number of hydrogen-bond donors (Lipinski definition) is 1. The van der Waals surface area contributed by atoms with Gasteiger partial charge in [0.1, 0.15) is 12.2 Å². The van der Waals surface area contributed by atoms with Crippen LogP contribution in [0.5, 0.6) is 0 Å². The van der Waals surface area contributed by atoms with Crippen LogP contribution in [0.3, 0.4) is 0 Å². The molecule has 0 amide bonds. The highest BCUT2D eigenvalue weighted by molar-refractivity contribution is 4.91. The Balaban J connectivity index is 1.47. The second kappa shape index (κ2) is 8.04. The maximum atomic E-state index is 5.40. The zero-order chi connectivity index (χ0) is 15.2. The van der Waals surface area contributed by atoms with Gasteiger partial charge in [-0.25, -0.2) is 0 Å². The van der Waals surface area contributed by atoms with E-state index in [0.717, 1.165) is 45.2 Å². The number of morpholine rings is 1. The van der Waals surface area contributed by atoms with Crippen LogP contribution in [0.25, 0.3) is 0 Å². The molecule has 1 aromatic rings. The van der Waals surface area contributed by atoms with Crippen molar-refractivity contribution in [3.05, 3.63) is 12.2 Å². The van der Waals surface area contributed by atoms with Crippen LogP contribution in [-0.4, -0.2) is 58.6 Å². The Kier molecular flexibility index (Phi) is 5.81. The smallest absolute Gasteiger partial charge is 0.147 e. The Morgan fingerprint density at radius 1 is 1.27 bits per heavy atom. The quantitative estimate of drug-likeness (QED) is 0.865. The molecule has 2 heterocycles. The summed E-state index contributed by atoms with van der Waals surface area (Å²) in [5.74, 6) is 1.08. The summed E-state index contributed by atoms with van der Waals surface area (Å²) in [6.45, 7) is 7.94. The van der Waals surface area contributed by atoms with Crippen molar-refractivity contribution in [3.8, 4) is 0 Å². The zero-order valence-electron chi connectivity index (χ0n) is 13.7. The minimum Gasteiger partial charge on any atom is -0.379 e. The highest BCUT2D eigenvalue weighted by atomic mass is 16.5. The first kappa shape index (κ1) is 15.9. The monoisotopic (exact) mass is 307 g/mol. The molecule has 2 aliphatic rings. The molecule has 1 atom stereocenters. The first-order valence-electron chi connectivity index (χ1n) is 8.75. The SMILES string of the molecule is CC(CN1CCOCC1)NCc1nncn1C1CCCCC1. The lowest BCUT2D eigenvalue weighted by Gasteiger charge is -2.29. The molecule has 0 spiro atoms. The Morgan fingerprint density at radius 3 is 2.82 bits per heavy atom. The third kappa shape index (κ3) is 4.27. The number of nitrogens with zero attached hydrogens (tertiary/aromatic N) is 4. The molecule has 3 rings (SSSR count). The third-order valence-corrected chi connectivity index (χ3v) is 4.86. The summed E-state index contributed by atoms with van der Waals surface area (Å²) in [5.41, 5.74) is 0. The van der Waals surface area contributed by atoms with Crippen molar-refractivity contribution in [1.29, 1.82) is 0 Å². The van der Waals surface area contributed by atoms with Crippen LogP contribution < -0.4 is 5.32 Å². The third-order valence-electron chi connectivity index (χ3n) is 4.86. The van der Waals surface area contributed by atoms with Gasteiger partial charge in [0.2, 0.25) is 0 Å². The Bertz CT molecular complexity index is 437. The van der Waals surface area contributed by atoms with E-state index in [1.807, 2.05) is 6.33 Å². The van der Waals surface area contributed by atoms with E-state index >= 15 is 0 Å². The molecule has 6 heteroatoms. The molecule has 1 aliphatic heterocycles. The van der Waals surface area contributed by atoms with Crippen molar-refractivity contribution in [3.63, 3.8) is 0 Å². The molecular formula is C16H29N5O. The van der Waals surface area contributed by atoms with Gasteiger partial charge in [0.15, 0.2) is 0 Å². The number of nitrogens with one attached hydrogen (secondary N) is 1. The van der Waals surface area contributed by atoms with Crippen molar-refractivity contribution in [2.24, 2.45) is 0 Å². The molecule has 1 aliphatic carbocycles. The summed E-state index contributed by atoms with van der Waals surface area (Å²) in [6.07, 6.45) is 8.51. The van der Waals surface area contributed by atoms with Crippen molar-refractivity contribution < 1.29 is 4.74 Å². The number of aromatic nitrogens is 3. The number of rotatable bonds is 6. The van der Waals surface area contributed by atoms with Crippen molar-refractivity contribution in [1.82, 2.24) is 25.0 Å². The molecule has 1 aromatic heterocycles. The normalized spacial score (nSPS) is 22.8. The van der Waals surface area contributed by atoms with Crippen LogP contribution in [0.1, 0.15) is 50.9 Å². The van der Waals surface area contributed by atoms with E-state index in [1.165, 1.54) is 32.1 Å². The van der Waals surface area contributed by atoms with Crippen LogP contribution >= 0.6 is 0 Å². The topological polar surface area (TPSA) is 55.2 Å². The largest absolute Gasteiger partial charge is 0.379 e. The van der Waals surface area contributed by atoms with Gasteiger partial charge in [-0.15, -0.1) is 10.2 Å². The van der Waals surface area contributed by atoms with Gasteiger partial charge in [-0.1, -0.05) is 19.3 Å². The van der Waals surface area contributed by atoms with Crippen molar-refractivity contribution in [2.45, 2.75) is 57.7 Å². The molecule has 2 fully saturated rings. The molecule has 0 bridgehead atoms. The highest BCUT2D eigenvalue weighted by Crippen LogP contribution is 2.28. The molecule has 1 N–H and O–H groups in total. The molecule has 0 aromatic carbocycles. The van der Waals surface area contributed by atoms with Crippen LogP contribution in [-0.2, 0) is 11.3 Å². The van der Waals surface area contributed by atoms with E-state index in [0.29, 0.717) is 12.1 Å². The van der Waals surface area contributed by atoms with Gasteiger partial charge >= 0.3 is 0 Å². The van der Waals surface area contributed by atoms with Gasteiger partial charge < -0.3 is 14.6 Å². The number of ether oxygens (including phenoxy) is 1. The van der Waals surface area contributed by atoms with Gasteiger partial charge in [-0.2, -0.15) is 0 Å². The minimum atomic E-state index is 0.453. The lowest BCUT2D eigenvalue weighted by molar-refractivity contribution is 0.0343. The molecule has 0 radical (unpaired) electrons. The first-order chi connectivity index (χ1) is 10.8. The summed E-state index contributed by atoms with van der Waals surface area (Å²) in [7, 11) is 0. The maximum absolute atomic E-state index is 5.40. The molecule has 1 saturated heterocycles. The second-order valence-corrected chi connectivity index (χ2v) is 6.64. The van der Waals surface area contributed by atoms with Gasteiger partial charge in [0.05, 0.1) is 19.8 Å². The summed E-state index contributed by atoms with van der Waals surface area (Å²) in [5, 5.41) is 12.1. The molecular weight excluding hydrogens is 278 g/mol. The average Bonchev–Trinajstić information content (AvgIpc) is 3.03. The standard InChI is InChI=1S/C16H29N5O/c1-14(12-20-7-9-22-10-8-20)17-11-16-19-18-13-21(16)15-5-3-2-4-6-15/h13-15,17H,2-12H2,1H3. The van der Waals surface area contributed by atoms with E-state index in [1.54, 1.807) is 0 Å².